The average molecular weight is 804 g/mol. The van der Waals surface area contributed by atoms with E-state index in [0.29, 0.717) is 34.4 Å². The third kappa shape index (κ3) is 14.8. The second-order valence-corrected chi connectivity index (χ2v) is 17.9. The number of rotatable bonds is 18. The van der Waals surface area contributed by atoms with E-state index in [1.807, 2.05) is 72.8 Å². The van der Waals surface area contributed by atoms with E-state index in [2.05, 4.69) is 38.6 Å². The first kappa shape index (κ1) is 39.1. The standard InChI is InChI=1S/C25H31N9O4P6S3/c1-32(42(45)35-4)26-17-21-7-13-24(14-8-21)37-44(47)34(3)28-19-22-9-15-25(16-10-22)38-43(46)33(2)27-18-20-5-11-23(12-6-20)36-41-31-40-30-29-39/h5-19,39,42-44H,1-4H3. The second kappa shape index (κ2) is 21.6. The zero-order chi connectivity index (χ0) is 34.0. The molecule has 0 aliphatic carbocycles. The van der Waals surface area contributed by atoms with Gasteiger partial charge in [-0.25, -0.2) is 9.56 Å². The van der Waals surface area contributed by atoms with E-state index in [4.69, 9.17) is 53.5 Å². The van der Waals surface area contributed by atoms with Gasteiger partial charge in [-0.2, -0.15) is 15.3 Å². The zero-order valence-electron chi connectivity index (χ0n) is 25.4. The van der Waals surface area contributed by atoms with Crippen molar-refractivity contribution < 1.29 is 18.1 Å². The molecule has 13 nitrogen and oxygen atoms in total. The van der Waals surface area contributed by atoms with Gasteiger partial charge in [-0.1, -0.05) is 0 Å². The average Bonchev–Trinajstić information content (AvgIpc) is 3.09. The molecule has 0 heterocycles. The van der Waals surface area contributed by atoms with Gasteiger partial charge in [-0.15, -0.1) is 14.2 Å². The third-order valence-electron chi connectivity index (χ3n) is 5.47. The summed E-state index contributed by atoms with van der Waals surface area (Å²) in [6, 6.07) is 22.3. The van der Waals surface area contributed by atoms with Gasteiger partial charge in [0, 0.05) is 37.3 Å². The lowest BCUT2D eigenvalue weighted by molar-refractivity contribution is 0.421. The van der Waals surface area contributed by atoms with Gasteiger partial charge in [-0.05, 0) is 125 Å². The predicted octanol–water partition coefficient (Wildman–Crippen LogP) is 8.52. The second-order valence-electron chi connectivity index (χ2n) is 8.76. The maximum Gasteiger partial charge on any atom is 0.253 e. The Morgan fingerprint density at radius 3 is 1.40 bits per heavy atom. The molecule has 22 heteroatoms. The molecule has 3 aromatic rings. The lowest BCUT2D eigenvalue weighted by Gasteiger charge is -2.17. The van der Waals surface area contributed by atoms with Gasteiger partial charge < -0.3 is 18.1 Å². The molecule has 0 bridgehead atoms. The lowest BCUT2D eigenvalue weighted by atomic mass is 10.2. The van der Waals surface area contributed by atoms with Gasteiger partial charge in [-0.3, -0.25) is 4.78 Å². The highest BCUT2D eigenvalue weighted by molar-refractivity contribution is 8.02. The summed E-state index contributed by atoms with van der Waals surface area (Å²) in [7, 11) is 5.54. The van der Waals surface area contributed by atoms with E-state index in [-0.39, 0.29) is 0 Å². The molecule has 0 aliphatic heterocycles. The highest BCUT2D eigenvalue weighted by Gasteiger charge is 2.05. The lowest BCUT2D eigenvalue weighted by Crippen LogP contribution is -2.04. The van der Waals surface area contributed by atoms with Crippen molar-refractivity contribution in [1.29, 1.82) is 0 Å². The Morgan fingerprint density at radius 1 is 0.638 bits per heavy atom. The third-order valence-corrected chi connectivity index (χ3v) is 13.3. The normalized spacial score (nSPS) is 13.7. The Hall–Kier alpha value is -2.32. The first-order valence-corrected chi connectivity index (χ1v) is 22.6. The summed E-state index contributed by atoms with van der Waals surface area (Å²) in [4.78, 5) is 7.06. The van der Waals surface area contributed by atoms with Crippen LogP contribution < -0.4 is 13.6 Å². The number of benzene rings is 3. The van der Waals surface area contributed by atoms with E-state index in [1.165, 1.54) is 0 Å². The molecule has 0 aliphatic rings. The fourth-order valence-corrected chi connectivity index (χ4v) is 6.50. The first-order valence-electron chi connectivity index (χ1n) is 13.2. The van der Waals surface area contributed by atoms with E-state index in [1.54, 1.807) is 61.2 Å². The Balaban J connectivity index is 1.45. The molecular weight excluding hydrogens is 772 g/mol. The minimum absolute atomic E-state index is 0.428. The van der Waals surface area contributed by atoms with Crippen LogP contribution in [0.25, 0.3) is 0 Å². The maximum absolute atomic E-state index is 5.97. The van der Waals surface area contributed by atoms with Crippen LogP contribution in [0.15, 0.2) is 102 Å². The van der Waals surface area contributed by atoms with Crippen LogP contribution in [0.2, 0.25) is 0 Å². The molecule has 3 unspecified atom stereocenters. The molecule has 0 amide bonds. The number of hydrazone groups is 3. The molecule has 0 saturated carbocycles. The predicted molar refractivity (Wildman–Crippen MR) is 211 cm³/mol. The molecular formula is C25H31N9O4P6S3. The summed E-state index contributed by atoms with van der Waals surface area (Å²) in [6.07, 6.45) is 5.14. The molecule has 0 N–H and O–H groups in total. The quantitative estimate of drug-likeness (QED) is 0.0703. The van der Waals surface area contributed by atoms with E-state index in [0.717, 1.165) is 16.7 Å². The van der Waals surface area contributed by atoms with Gasteiger partial charge in [0.05, 0.1) is 18.6 Å². The molecule has 3 rings (SSSR count). The van der Waals surface area contributed by atoms with Crippen molar-refractivity contribution in [2.45, 2.75) is 0 Å². The largest absolute Gasteiger partial charge is 0.450 e. The molecule has 0 spiro atoms. The van der Waals surface area contributed by atoms with Crippen molar-refractivity contribution in [2.75, 3.05) is 28.3 Å². The van der Waals surface area contributed by atoms with Crippen molar-refractivity contribution in [1.82, 2.24) is 14.3 Å². The molecule has 0 saturated heterocycles. The van der Waals surface area contributed by atoms with Gasteiger partial charge in [0.25, 0.3) is 8.60 Å². The molecule has 47 heavy (non-hydrogen) atoms. The molecule has 0 aromatic heterocycles. The topological polar surface area (TPSA) is 121 Å². The SMILES string of the molecule is CO[PH](=S)N(C)N=Cc1ccc(O[PH](=S)N(C)N=Cc2ccc(O[PH](=S)N(C)N=Cc3ccc(O/P=N\P=N\N=P)cc3)cc2)cc1. The van der Waals surface area contributed by atoms with Crippen molar-refractivity contribution in [3.05, 3.63) is 89.5 Å². The highest BCUT2D eigenvalue weighted by Crippen LogP contribution is 2.32. The van der Waals surface area contributed by atoms with Crippen LogP contribution in [0.5, 0.6) is 17.2 Å². The monoisotopic (exact) mass is 803 g/mol. The van der Waals surface area contributed by atoms with Gasteiger partial charge in [0.1, 0.15) is 17.2 Å². The Bertz CT molecular complexity index is 1680. The van der Waals surface area contributed by atoms with Gasteiger partial charge in [0.2, 0.25) is 14.1 Å². The minimum atomic E-state index is -1.84. The molecule has 0 radical (unpaired) electrons. The Labute approximate surface area is 296 Å². The number of hydrogen-bond acceptors (Lipinski definition) is 10. The van der Waals surface area contributed by atoms with E-state index < -0.39 is 21.2 Å². The molecule has 0 fully saturated rings. The van der Waals surface area contributed by atoms with Crippen LogP contribution in [0.4, 0.5) is 0 Å². The van der Waals surface area contributed by atoms with Crippen LogP contribution in [-0.4, -0.2) is 61.2 Å². The summed E-state index contributed by atoms with van der Waals surface area (Å²) >= 11 is 16.4. The molecule has 3 atom stereocenters. The van der Waals surface area contributed by atoms with Gasteiger partial charge in [0.15, 0.2) is 15.6 Å². The van der Waals surface area contributed by atoms with E-state index >= 15 is 0 Å². The summed E-state index contributed by atoms with van der Waals surface area (Å²) < 4.78 is 31.5. The summed E-state index contributed by atoms with van der Waals surface area (Å²) in [5, 5.41) is 13.2. The fraction of sp³-hybridized carbons (Fsp3) is 0.160. The summed E-state index contributed by atoms with van der Waals surface area (Å²) in [6.45, 7) is 0. The van der Waals surface area contributed by atoms with Crippen molar-refractivity contribution in [2.24, 2.45) is 29.5 Å². The van der Waals surface area contributed by atoms with Crippen LogP contribution in [0.3, 0.4) is 0 Å². The molecule has 248 valence electrons. The Kier molecular flexibility index (Phi) is 18.0. The molecule has 3 aromatic carbocycles. The van der Waals surface area contributed by atoms with Gasteiger partial charge >= 0.3 is 0 Å². The summed E-state index contributed by atoms with van der Waals surface area (Å²) in [5.41, 5.74) is 2.65. The number of nitrogens with zero attached hydrogens (tertiary/aromatic N) is 9. The van der Waals surface area contributed by atoms with Crippen LogP contribution in [-0.2, 0) is 39.9 Å². The smallest absolute Gasteiger partial charge is 0.253 e. The number of hydrogen-bond donors (Lipinski definition) is 0. The first-order chi connectivity index (χ1) is 22.7. The van der Waals surface area contributed by atoms with Crippen molar-refractivity contribution in [3.63, 3.8) is 0 Å². The minimum Gasteiger partial charge on any atom is -0.450 e. The van der Waals surface area contributed by atoms with Crippen molar-refractivity contribution >= 4 is 101 Å². The van der Waals surface area contributed by atoms with Crippen LogP contribution >= 0.6 is 47.4 Å². The van der Waals surface area contributed by atoms with Crippen LogP contribution in [0, 0.1) is 0 Å². The Morgan fingerprint density at radius 2 is 1.02 bits per heavy atom. The van der Waals surface area contributed by atoms with E-state index in [9.17, 15) is 0 Å². The zero-order valence-corrected chi connectivity index (χ0v) is 33.7. The maximum atomic E-state index is 5.97. The highest BCUT2D eigenvalue weighted by atomic mass is 32.4. The fourth-order valence-electron chi connectivity index (χ4n) is 3.05. The van der Waals surface area contributed by atoms with Crippen LogP contribution in [0.1, 0.15) is 16.7 Å². The van der Waals surface area contributed by atoms with Crippen molar-refractivity contribution in [3.8, 4) is 17.2 Å². The summed E-state index contributed by atoms with van der Waals surface area (Å²) in [5.74, 6) is 1.97.